The Hall–Kier alpha value is -4.86. The van der Waals surface area contributed by atoms with Gasteiger partial charge < -0.3 is 9.92 Å². The molecule has 0 unspecified atom stereocenters. The number of hydrogen-bond acceptors (Lipinski definition) is 2. The van der Waals surface area contributed by atoms with E-state index >= 15 is 0 Å². The second-order valence-corrected chi connectivity index (χ2v) is 9.46. The number of nitrogens with zero attached hydrogens (tertiary/aromatic N) is 1. The maximum atomic E-state index is 9.43. The third-order valence-electron chi connectivity index (χ3n) is 6.96. The summed E-state index contributed by atoms with van der Waals surface area (Å²) in [5, 5.41) is 9.43. The minimum atomic E-state index is 0.787. The summed E-state index contributed by atoms with van der Waals surface area (Å²) in [6, 6.07) is 54.8. The molecule has 0 saturated heterocycles. The molecule has 6 aromatic carbocycles. The smallest absolute Gasteiger partial charge is 0.326 e. The fourth-order valence-corrected chi connectivity index (χ4v) is 4.92. The molecule has 39 heavy (non-hydrogen) atoms. The van der Waals surface area contributed by atoms with Crippen molar-refractivity contribution in [1.29, 1.82) is 0 Å². The third kappa shape index (κ3) is 5.40. The van der Waals surface area contributed by atoms with Crippen LogP contribution in [0.4, 0.5) is 17.1 Å². The summed E-state index contributed by atoms with van der Waals surface area (Å²) >= 11 is 0. The van der Waals surface area contributed by atoms with Crippen molar-refractivity contribution in [1.82, 2.24) is 0 Å². The van der Waals surface area contributed by atoms with Crippen LogP contribution >= 0.6 is 0 Å². The van der Waals surface area contributed by atoms with Gasteiger partial charge in [-0.25, -0.2) is 0 Å². The van der Waals surface area contributed by atoms with Gasteiger partial charge in [-0.05, 0) is 69.8 Å². The molecule has 1 N–H and O–H groups in total. The highest BCUT2D eigenvalue weighted by Gasteiger charge is 2.14. The fourth-order valence-electron chi connectivity index (χ4n) is 4.92. The van der Waals surface area contributed by atoms with Crippen molar-refractivity contribution in [2.75, 3.05) is 4.90 Å². The molecular weight excluding hydrogens is 473 g/mol. The van der Waals surface area contributed by atoms with Crippen molar-refractivity contribution in [3.63, 3.8) is 0 Å². The molecule has 2 nitrogen and oxygen atoms in total. The quantitative estimate of drug-likeness (QED) is 0.223. The first-order chi connectivity index (χ1) is 19.3. The van der Waals surface area contributed by atoms with Gasteiger partial charge in [0.25, 0.3) is 0 Å². The zero-order chi connectivity index (χ0) is 26.4. The van der Waals surface area contributed by atoms with E-state index in [1.165, 1.54) is 22.3 Å². The van der Waals surface area contributed by atoms with Gasteiger partial charge in [0.15, 0.2) is 0 Å². The molecule has 3 heteroatoms. The van der Waals surface area contributed by atoms with E-state index < -0.39 is 0 Å². The van der Waals surface area contributed by atoms with Crippen LogP contribution < -0.4 is 10.4 Å². The summed E-state index contributed by atoms with van der Waals surface area (Å²) in [6.07, 6.45) is 0. The van der Waals surface area contributed by atoms with Crippen LogP contribution in [-0.4, -0.2) is 12.5 Å². The number of rotatable bonds is 7. The van der Waals surface area contributed by atoms with Gasteiger partial charge >= 0.3 is 7.48 Å². The van der Waals surface area contributed by atoms with Gasteiger partial charge in [0.2, 0.25) is 0 Å². The molecule has 0 saturated carbocycles. The van der Waals surface area contributed by atoms with E-state index in [0.29, 0.717) is 0 Å². The molecule has 185 valence electrons. The minimum Gasteiger partial charge on any atom is -0.450 e. The maximum Gasteiger partial charge on any atom is 0.326 e. The summed E-state index contributed by atoms with van der Waals surface area (Å²) in [6.45, 7) is 0. The van der Waals surface area contributed by atoms with E-state index in [-0.39, 0.29) is 0 Å². The SMILES string of the molecule is O[B]c1cccc(-c2ccc(N(c3ccc(-c4ccccc4)cc3)c3ccc(-c4ccccc4)cc3)cc2)c1. The number of hydrogen-bond donors (Lipinski definition) is 1. The van der Waals surface area contributed by atoms with E-state index in [2.05, 4.69) is 132 Å². The molecule has 0 bridgehead atoms. The Morgan fingerprint density at radius 2 is 0.718 bits per heavy atom. The van der Waals surface area contributed by atoms with Crippen LogP contribution in [0.2, 0.25) is 0 Å². The Bertz CT molecular complexity index is 1560. The standard InChI is InChI=1S/C36H27BNO/c39-37-33-13-7-12-32(26-33)31-18-24-36(25-19-31)38(34-20-14-29(15-21-34)27-8-3-1-4-9-27)35-22-16-30(17-23-35)28-10-5-2-6-11-28/h1-26,39H. The van der Waals surface area contributed by atoms with Crippen molar-refractivity contribution < 1.29 is 5.02 Å². The second-order valence-electron chi connectivity index (χ2n) is 9.46. The largest absolute Gasteiger partial charge is 0.450 e. The summed E-state index contributed by atoms with van der Waals surface area (Å²) in [5.41, 5.74) is 11.0. The van der Waals surface area contributed by atoms with Crippen LogP contribution in [0.15, 0.2) is 158 Å². The molecular formula is C36H27BNO. The highest BCUT2D eigenvalue weighted by Crippen LogP contribution is 2.37. The van der Waals surface area contributed by atoms with Gasteiger partial charge in [0.05, 0.1) is 0 Å². The van der Waals surface area contributed by atoms with Crippen LogP contribution in [0.1, 0.15) is 0 Å². The van der Waals surface area contributed by atoms with Crippen LogP contribution in [0.5, 0.6) is 0 Å². The lowest BCUT2D eigenvalue weighted by Gasteiger charge is -2.26. The molecule has 0 aliphatic carbocycles. The molecule has 0 fully saturated rings. The highest BCUT2D eigenvalue weighted by molar-refractivity contribution is 6.45. The van der Waals surface area contributed by atoms with Crippen LogP contribution in [0.3, 0.4) is 0 Å². The molecule has 6 aromatic rings. The average Bonchev–Trinajstić information content (AvgIpc) is 3.03. The molecule has 6 rings (SSSR count). The lowest BCUT2D eigenvalue weighted by molar-refractivity contribution is 0.615. The number of anilines is 3. The van der Waals surface area contributed by atoms with Crippen molar-refractivity contribution >= 4 is 30.0 Å². The van der Waals surface area contributed by atoms with Gasteiger partial charge in [-0.1, -0.05) is 127 Å². The normalized spacial score (nSPS) is 10.7. The predicted molar refractivity (Wildman–Crippen MR) is 165 cm³/mol. The van der Waals surface area contributed by atoms with Crippen molar-refractivity contribution in [3.05, 3.63) is 158 Å². The zero-order valence-electron chi connectivity index (χ0n) is 21.5. The van der Waals surface area contributed by atoms with E-state index in [9.17, 15) is 5.02 Å². The van der Waals surface area contributed by atoms with Gasteiger partial charge in [0.1, 0.15) is 0 Å². The Kier molecular flexibility index (Phi) is 7.07. The average molecular weight is 500 g/mol. The Labute approximate surface area is 230 Å². The molecule has 0 amide bonds. The Morgan fingerprint density at radius 3 is 1.13 bits per heavy atom. The van der Waals surface area contributed by atoms with E-state index in [1.54, 1.807) is 0 Å². The van der Waals surface area contributed by atoms with Crippen LogP contribution in [0, 0.1) is 0 Å². The fraction of sp³-hybridized carbons (Fsp3) is 0. The highest BCUT2D eigenvalue weighted by atomic mass is 16.2. The Balaban J connectivity index is 1.38. The molecule has 0 aromatic heterocycles. The van der Waals surface area contributed by atoms with Crippen molar-refractivity contribution in [2.24, 2.45) is 0 Å². The minimum absolute atomic E-state index is 0.787. The lowest BCUT2D eigenvalue weighted by Crippen LogP contribution is -2.12. The maximum absolute atomic E-state index is 9.43. The van der Waals surface area contributed by atoms with Gasteiger partial charge in [0, 0.05) is 17.1 Å². The second kappa shape index (κ2) is 11.3. The van der Waals surface area contributed by atoms with Crippen LogP contribution in [0.25, 0.3) is 33.4 Å². The van der Waals surface area contributed by atoms with Gasteiger partial charge in [-0.3, -0.25) is 0 Å². The summed E-state index contributed by atoms with van der Waals surface area (Å²) in [5.74, 6) is 0. The predicted octanol–water partition coefficient (Wildman–Crippen LogP) is 8.39. The molecule has 0 spiro atoms. The monoisotopic (exact) mass is 500 g/mol. The number of benzene rings is 6. The first-order valence-corrected chi connectivity index (χ1v) is 13.1. The van der Waals surface area contributed by atoms with Crippen molar-refractivity contribution in [2.45, 2.75) is 0 Å². The van der Waals surface area contributed by atoms with Crippen molar-refractivity contribution in [3.8, 4) is 33.4 Å². The lowest BCUT2D eigenvalue weighted by atomic mass is 9.86. The summed E-state index contributed by atoms with van der Waals surface area (Å²) in [4.78, 5) is 2.28. The van der Waals surface area contributed by atoms with E-state index in [1.807, 2.05) is 30.3 Å². The zero-order valence-corrected chi connectivity index (χ0v) is 21.5. The summed E-state index contributed by atoms with van der Waals surface area (Å²) in [7, 11) is 1.14. The van der Waals surface area contributed by atoms with E-state index in [0.717, 1.165) is 41.1 Å². The Morgan fingerprint density at radius 1 is 0.359 bits per heavy atom. The summed E-state index contributed by atoms with van der Waals surface area (Å²) < 4.78 is 0. The van der Waals surface area contributed by atoms with E-state index in [4.69, 9.17) is 0 Å². The topological polar surface area (TPSA) is 23.5 Å². The third-order valence-corrected chi connectivity index (χ3v) is 6.96. The van der Waals surface area contributed by atoms with Crippen LogP contribution in [-0.2, 0) is 0 Å². The molecule has 0 aliphatic heterocycles. The first kappa shape index (κ1) is 24.5. The molecule has 1 radical (unpaired) electrons. The van der Waals surface area contributed by atoms with Gasteiger partial charge in [-0.15, -0.1) is 0 Å². The first-order valence-electron chi connectivity index (χ1n) is 13.1. The molecule has 0 aliphatic rings. The van der Waals surface area contributed by atoms with Gasteiger partial charge in [-0.2, -0.15) is 0 Å². The molecule has 0 heterocycles. The molecule has 0 atom stereocenters.